The van der Waals surface area contributed by atoms with Gasteiger partial charge in [0.25, 0.3) is 5.56 Å². The van der Waals surface area contributed by atoms with Crippen molar-refractivity contribution in [2.24, 2.45) is 0 Å². The van der Waals surface area contributed by atoms with Crippen LogP contribution in [0.15, 0.2) is 33.7 Å². The van der Waals surface area contributed by atoms with Gasteiger partial charge in [-0.05, 0) is 43.5 Å². The lowest BCUT2D eigenvalue weighted by Gasteiger charge is -2.09. The molecule has 7 nitrogen and oxygen atoms in total. The fraction of sp³-hybridized carbons (Fsp3) is 0.235. The van der Waals surface area contributed by atoms with Gasteiger partial charge in [-0.15, -0.1) is 0 Å². The number of H-pyrrole nitrogens is 1. The predicted molar refractivity (Wildman–Crippen MR) is 86.2 cm³/mol. The van der Waals surface area contributed by atoms with Crippen LogP contribution in [0.25, 0.3) is 11.5 Å². The van der Waals surface area contributed by atoms with E-state index in [0.29, 0.717) is 35.8 Å². The molecule has 0 aliphatic carbocycles. The highest BCUT2D eigenvalue weighted by molar-refractivity contribution is 5.47. The molecule has 0 radical (unpaired) electrons. The third kappa shape index (κ3) is 2.94. The van der Waals surface area contributed by atoms with Crippen LogP contribution in [0.5, 0.6) is 0 Å². The minimum absolute atomic E-state index is 0.148. The number of hydrogen-bond acceptors (Lipinski definition) is 6. The number of aryl methyl sites for hydroxylation is 2. The average Bonchev–Trinajstić information content (AvgIpc) is 3.04. The van der Waals surface area contributed by atoms with Gasteiger partial charge < -0.3 is 9.51 Å². The van der Waals surface area contributed by atoms with Gasteiger partial charge in [-0.1, -0.05) is 11.2 Å². The Hall–Kier alpha value is -3.27. The van der Waals surface area contributed by atoms with Gasteiger partial charge in [-0.2, -0.15) is 10.2 Å². The first-order valence-corrected chi connectivity index (χ1v) is 7.46. The maximum Gasteiger partial charge on any atom is 0.266 e. The van der Waals surface area contributed by atoms with Crippen LogP contribution in [0, 0.1) is 25.2 Å². The van der Waals surface area contributed by atoms with E-state index in [1.165, 1.54) is 0 Å². The Morgan fingerprint density at radius 1 is 1.29 bits per heavy atom. The highest BCUT2D eigenvalue weighted by Crippen LogP contribution is 2.17. The highest BCUT2D eigenvalue weighted by atomic mass is 16.5. The summed E-state index contributed by atoms with van der Waals surface area (Å²) >= 11 is 0. The molecule has 0 aliphatic heterocycles. The largest absolute Gasteiger partial charge is 0.339 e. The summed E-state index contributed by atoms with van der Waals surface area (Å²) in [4.78, 5) is 23.0. The van der Waals surface area contributed by atoms with E-state index in [2.05, 4.69) is 20.1 Å². The molecule has 3 aromatic heterocycles. The van der Waals surface area contributed by atoms with Crippen molar-refractivity contribution in [1.82, 2.24) is 20.1 Å². The Morgan fingerprint density at radius 2 is 2.12 bits per heavy atom. The van der Waals surface area contributed by atoms with Gasteiger partial charge in [0.1, 0.15) is 17.3 Å². The Morgan fingerprint density at radius 3 is 2.83 bits per heavy atom. The van der Waals surface area contributed by atoms with Gasteiger partial charge in [0.05, 0.1) is 0 Å². The van der Waals surface area contributed by atoms with Crippen LogP contribution in [0.1, 0.15) is 28.3 Å². The second-order valence-corrected chi connectivity index (χ2v) is 5.40. The van der Waals surface area contributed by atoms with E-state index < -0.39 is 0 Å². The normalized spacial score (nSPS) is 10.5. The molecular weight excluding hydrogens is 306 g/mol. The number of aromatic nitrogens is 4. The Kier molecular flexibility index (Phi) is 4.20. The molecule has 0 aliphatic rings. The third-order valence-electron chi connectivity index (χ3n) is 3.87. The lowest BCUT2D eigenvalue weighted by molar-refractivity contribution is 0.378. The number of nitrogens with zero attached hydrogens (tertiary/aromatic N) is 4. The zero-order valence-electron chi connectivity index (χ0n) is 13.3. The van der Waals surface area contributed by atoms with E-state index in [9.17, 15) is 4.79 Å². The average molecular weight is 321 g/mol. The monoisotopic (exact) mass is 321 g/mol. The van der Waals surface area contributed by atoms with Crippen molar-refractivity contribution in [2.45, 2.75) is 26.7 Å². The summed E-state index contributed by atoms with van der Waals surface area (Å²) in [6.45, 7) is 3.60. The zero-order valence-corrected chi connectivity index (χ0v) is 13.3. The highest BCUT2D eigenvalue weighted by Gasteiger charge is 2.14. The quantitative estimate of drug-likeness (QED) is 0.788. The Balaban J connectivity index is 1.82. The van der Waals surface area contributed by atoms with Gasteiger partial charge in [0.2, 0.25) is 11.7 Å². The molecule has 0 saturated heterocycles. The first kappa shape index (κ1) is 15.6. The van der Waals surface area contributed by atoms with Gasteiger partial charge >= 0.3 is 0 Å². The summed E-state index contributed by atoms with van der Waals surface area (Å²) in [6.07, 6.45) is 2.77. The minimum atomic E-state index is -0.355. The minimum Gasteiger partial charge on any atom is -0.339 e. The number of pyridine rings is 2. The van der Waals surface area contributed by atoms with E-state index in [-0.39, 0.29) is 11.1 Å². The topological polar surface area (TPSA) is 108 Å². The van der Waals surface area contributed by atoms with Crippen molar-refractivity contribution in [3.63, 3.8) is 0 Å². The van der Waals surface area contributed by atoms with E-state index >= 15 is 0 Å². The summed E-state index contributed by atoms with van der Waals surface area (Å²) in [7, 11) is 0. The zero-order chi connectivity index (χ0) is 17.1. The number of hydrogen-bond donors (Lipinski definition) is 1. The van der Waals surface area contributed by atoms with Gasteiger partial charge in [0.15, 0.2) is 0 Å². The first-order valence-electron chi connectivity index (χ1n) is 7.46. The maximum absolute atomic E-state index is 11.8. The van der Waals surface area contributed by atoms with Crippen LogP contribution in [0.3, 0.4) is 0 Å². The van der Waals surface area contributed by atoms with Crippen molar-refractivity contribution in [3.05, 3.63) is 63.0 Å². The summed E-state index contributed by atoms with van der Waals surface area (Å²) < 4.78 is 5.26. The second-order valence-electron chi connectivity index (χ2n) is 5.40. The number of nitrogens with one attached hydrogen (secondary N) is 1. The summed E-state index contributed by atoms with van der Waals surface area (Å²) in [6, 6.07) is 7.44. The maximum atomic E-state index is 11.8. The molecule has 0 unspecified atom stereocenters. The van der Waals surface area contributed by atoms with Crippen molar-refractivity contribution >= 4 is 0 Å². The van der Waals surface area contributed by atoms with Crippen LogP contribution in [-0.2, 0) is 12.8 Å². The smallest absolute Gasteiger partial charge is 0.266 e. The van der Waals surface area contributed by atoms with Crippen LogP contribution in [-0.4, -0.2) is 20.1 Å². The van der Waals surface area contributed by atoms with Crippen LogP contribution in [0.4, 0.5) is 0 Å². The second kappa shape index (κ2) is 6.46. The van der Waals surface area contributed by atoms with Gasteiger partial charge in [0, 0.05) is 18.3 Å². The standard InChI is InChI=1S/C17H15N5O2/c1-10-12(11(2)20-17(23)13(10)9-18)6-7-15-21-16(22-24-15)14-5-3-4-8-19-14/h3-5,8H,6-7H2,1-2H3,(H,20,23). The van der Waals surface area contributed by atoms with Crippen LogP contribution < -0.4 is 5.56 Å². The van der Waals surface area contributed by atoms with E-state index in [1.807, 2.05) is 31.2 Å². The first-order chi connectivity index (χ1) is 11.6. The van der Waals surface area contributed by atoms with Crippen LogP contribution in [0.2, 0.25) is 0 Å². The number of nitriles is 1. The lowest BCUT2D eigenvalue weighted by Crippen LogP contribution is -2.16. The van der Waals surface area contributed by atoms with Gasteiger partial charge in [-0.3, -0.25) is 9.78 Å². The molecule has 24 heavy (non-hydrogen) atoms. The molecule has 0 fully saturated rings. The Labute approximate surface area is 138 Å². The summed E-state index contributed by atoms with van der Waals surface area (Å²) in [5, 5.41) is 13.0. The molecule has 3 aromatic rings. The predicted octanol–water partition coefficient (Wildman–Crippen LogP) is 2.09. The van der Waals surface area contributed by atoms with E-state index in [4.69, 9.17) is 9.78 Å². The number of aromatic amines is 1. The molecule has 0 amide bonds. The Bertz CT molecular complexity index is 967. The summed E-state index contributed by atoms with van der Waals surface area (Å²) in [5.41, 5.74) is 2.81. The fourth-order valence-electron chi connectivity index (χ4n) is 2.61. The van der Waals surface area contributed by atoms with Crippen molar-refractivity contribution < 1.29 is 4.52 Å². The molecule has 0 spiro atoms. The molecule has 0 bridgehead atoms. The van der Waals surface area contributed by atoms with Crippen LogP contribution >= 0.6 is 0 Å². The van der Waals surface area contributed by atoms with E-state index in [0.717, 1.165) is 11.3 Å². The van der Waals surface area contributed by atoms with Crippen molar-refractivity contribution in [2.75, 3.05) is 0 Å². The summed E-state index contributed by atoms with van der Waals surface area (Å²) in [5.74, 6) is 0.928. The molecule has 120 valence electrons. The lowest BCUT2D eigenvalue weighted by atomic mass is 9.99. The number of rotatable bonds is 4. The molecule has 0 aromatic carbocycles. The molecule has 3 rings (SSSR count). The molecule has 7 heteroatoms. The molecule has 3 heterocycles. The third-order valence-corrected chi connectivity index (χ3v) is 3.87. The van der Waals surface area contributed by atoms with Crippen molar-refractivity contribution in [3.8, 4) is 17.6 Å². The molecule has 1 N–H and O–H groups in total. The van der Waals surface area contributed by atoms with E-state index in [1.54, 1.807) is 13.1 Å². The van der Waals surface area contributed by atoms with Gasteiger partial charge in [-0.25, -0.2) is 0 Å². The fourth-order valence-corrected chi connectivity index (χ4v) is 2.61. The molecule has 0 saturated carbocycles. The molecule has 0 atom stereocenters. The van der Waals surface area contributed by atoms with Crippen molar-refractivity contribution in [1.29, 1.82) is 5.26 Å². The molecular formula is C17H15N5O2. The SMILES string of the molecule is Cc1[nH]c(=O)c(C#N)c(C)c1CCc1nc(-c2ccccn2)no1.